The third-order valence-electron chi connectivity index (χ3n) is 3.33. The van der Waals surface area contributed by atoms with Crippen LogP contribution in [0.4, 0.5) is 0 Å². The number of nitrogens with zero attached hydrogens (tertiary/aromatic N) is 3. The molecule has 0 spiro atoms. The molecule has 0 aliphatic heterocycles. The van der Waals surface area contributed by atoms with Crippen molar-refractivity contribution in [2.24, 2.45) is 21.0 Å². The highest BCUT2D eigenvalue weighted by atomic mass is 16.5. The maximum Gasteiger partial charge on any atom is 0.234 e. The van der Waals surface area contributed by atoms with Gasteiger partial charge in [-0.15, -0.1) is 5.10 Å². The zero-order chi connectivity index (χ0) is 20.4. The Kier molecular flexibility index (Phi) is 7.64. The number of rotatable bonds is 8. The average molecular weight is 385 g/mol. The zero-order valence-corrected chi connectivity index (χ0v) is 15.7. The topological polar surface area (TPSA) is 134 Å². The number of guanidine groups is 1. The summed E-state index contributed by atoms with van der Waals surface area (Å²) >= 11 is 0. The summed E-state index contributed by atoms with van der Waals surface area (Å²) in [7, 11) is 0. The number of nitrogens with two attached hydrogens (primary N) is 1. The van der Waals surface area contributed by atoms with E-state index >= 15 is 0 Å². The lowest BCUT2D eigenvalue weighted by atomic mass is 10.2. The monoisotopic (exact) mass is 385 g/mol. The average Bonchev–Trinajstić information content (AvgIpc) is 2.67. The number of phenols is 2. The van der Waals surface area contributed by atoms with Crippen LogP contribution in [-0.2, 0) is 0 Å². The summed E-state index contributed by atoms with van der Waals surface area (Å²) in [5.74, 6) is 0.841. The summed E-state index contributed by atoms with van der Waals surface area (Å²) in [4.78, 5) is 0. The number of benzene rings is 2. The largest absolute Gasteiger partial charge is 0.504 e. The first-order valence-electron chi connectivity index (χ1n) is 8.60. The van der Waals surface area contributed by atoms with E-state index in [-0.39, 0.29) is 17.5 Å². The summed E-state index contributed by atoms with van der Waals surface area (Å²) in [6.45, 7) is 4.54. The van der Waals surface area contributed by atoms with Crippen LogP contribution in [0.15, 0.2) is 51.7 Å². The maximum atomic E-state index is 9.67. The normalized spacial score (nSPS) is 11.9. The van der Waals surface area contributed by atoms with Gasteiger partial charge in [0.1, 0.15) is 0 Å². The van der Waals surface area contributed by atoms with Crippen molar-refractivity contribution in [1.82, 2.24) is 5.43 Å². The highest BCUT2D eigenvalue weighted by Crippen LogP contribution is 2.26. The van der Waals surface area contributed by atoms with Crippen LogP contribution in [0, 0.1) is 0 Å². The summed E-state index contributed by atoms with van der Waals surface area (Å²) in [6, 6.07) is 9.66. The van der Waals surface area contributed by atoms with Crippen molar-refractivity contribution in [3.8, 4) is 23.0 Å². The molecular weight excluding hydrogens is 362 g/mol. The Morgan fingerprint density at radius 3 is 2.04 bits per heavy atom. The molecular formula is C19H23N5O4. The van der Waals surface area contributed by atoms with Crippen LogP contribution in [0.2, 0.25) is 0 Å². The van der Waals surface area contributed by atoms with Crippen LogP contribution < -0.4 is 20.6 Å². The second-order valence-corrected chi connectivity index (χ2v) is 5.42. The molecule has 2 aromatic carbocycles. The molecule has 0 unspecified atom stereocenters. The number of hydrogen-bond acceptors (Lipinski definition) is 7. The fourth-order valence-electron chi connectivity index (χ4n) is 2.12. The van der Waals surface area contributed by atoms with Crippen LogP contribution in [0.3, 0.4) is 0 Å². The molecule has 0 heterocycles. The van der Waals surface area contributed by atoms with Crippen LogP contribution in [0.1, 0.15) is 25.0 Å². The Labute approximate surface area is 162 Å². The van der Waals surface area contributed by atoms with Crippen LogP contribution in [-0.4, -0.2) is 41.8 Å². The first kappa shape index (κ1) is 20.6. The van der Waals surface area contributed by atoms with Gasteiger partial charge in [-0.25, -0.2) is 5.43 Å². The molecule has 0 saturated carbocycles. The summed E-state index contributed by atoms with van der Waals surface area (Å²) in [6.07, 6.45) is 2.97. The van der Waals surface area contributed by atoms with Gasteiger partial charge in [0.15, 0.2) is 23.0 Å². The van der Waals surface area contributed by atoms with Gasteiger partial charge in [-0.3, -0.25) is 0 Å². The van der Waals surface area contributed by atoms with Gasteiger partial charge in [0.05, 0.1) is 25.6 Å². The molecule has 2 aromatic rings. The molecule has 0 bridgehead atoms. The van der Waals surface area contributed by atoms with E-state index in [2.05, 4.69) is 20.7 Å². The maximum absolute atomic E-state index is 9.67. The first-order chi connectivity index (χ1) is 13.5. The van der Waals surface area contributed by atoms with E-state index in [4.69, 9.17) is 15.2 Å². The molecule has 148 valence electrons. The van der Waals surface area contributed by atoms with Crippen LogP contribution in [0.5, 0.6) is 23.0 Å². The van der Waals surface area contributed by atoms with Gasteiger partial charge in [-0.2, -0.15) is 10.2 Å². The Balaban J connectivity index is 1.95. The van der Waals surface area contributed by atoms with Crippen molar-refractivity contribution in [3.05, 3.63) is 47.5 Å². The number of nitrogens with one attached hydrogen (secondary N) is 1. The fraction of sp³-hybridized carbons (Fsp3) is 0.211. The molecule has 0 saturated heterocycles. The van der Waals surface area contributed by atoms with E-state index < -0.39 is 0 Å². The SMILES string of the molecule is CCOc1cc(/C=N\N=C(N)N/N=C\c2ccc(O)c(OCC)c2)ccc1O. The molecule has 0 fully saturated rings. The molecule has 9 heteroatoms. The summed E-state index contributed by atoms with van der Waals surface area (Å²) in [5.41, 5.74) is 9.62. The number of hydrogen-bond donors (Lipinski definition) is 4. The molecule has 0 aliphatic rings. The van der Waals surface area contributed by atoms with Crippen molar-refractivity contribution in [3.63, 3.8) is 0 Å². The Morgan fingerprint density at radius 1 is 0.964 bits per heavy atom. The van der Waals surface area contributed by atoms with Crippen molar-refractivity contribution >= 4 is 18.4 Å². The minimum Gasteiger partial charge on any atom is -0.504 e. The fourth-order valence-corrected chi connectivity index (χ4v) is 2.12. The Hall–Kier alpha value is -3.75. The van der Waals surface area contributed by atoms with Gasteiger partial charge in [-0.05, 0) is 61.4 Å². The van der Waals surface area contributed by atoms with Crippen molar-refractivity contribution in [2.75, 3.05) is 13.2 Å². The second kappa shape index (κ2) is 10.4. The Bertz CT molecular complexity index is 881. The van der Waals surface area contributed by atoms with Crippen molar-refractivity contribution < 1.29 is 19.7 Å². The smallest absolute Gasteiger partial charge is 0.234 e. The third-order valence-corrected chi connectivity index (χ3v) is 3.33. The second-order valence-electron chi connectivity index (χ2n) is 5.42. The quantitative estimate of drug-likeness (QED) is 0.313. The predicted octanol–water partition coefficient (Wildman–Crippen LogP) is 2.17. The van der Waals surface area contributed by atoms with Crippen molar-refractivity contribution in [1.29, 1.82) is 0 Å². The van der Waals surface area contributed by atoms with Gasteiger partial charge in [0, 0.05) is 0 Å². The lowest BCUT2D eigenvalue weighted by Crippen LogP contribution is -2.26. The highest BCUT2D eigenvalue weighted by Gasteiger charge is 2.03. The molecule has 0 aromatic heterocycles. The van der Waals surface area contributed by atoms with E-state index in [0.29, 0.717) is 35.8 Å². The molecule has 2 rings (SSSR count). The predicted molar refractivity (Wildman–Crippen MR) is 108 cm³/mol. The molecule has 28 heavy (non-hydrogen) atoms. The van der Waals surface area contributed by atoms with E-state index in [1.165, 1.54) is 24.6 Å². The van der Waals surface area contributed by atoms with E-state index in [1.54, 1.807) is 24.3 Å². The molecule has 0 radical (unpaired) electrons. The number of hydrazone groups is 1. The van der Waals surface area contributed by atoms with Gasteiger partial charge < -0.3 is 25.4 Å². The zero-order valence-electron chi connectivity index (χ0n) is 15.7. The molecule has 0 aliphatic carbocycles. The lowest BCUT2D eigenvalue weighted by Gasteiger charge is -2.06. The Morgan fingerprint density at radius 2 is 1.50 bits per heavy atom. The van der Waals surface area contributed by atoms with Gasteiger partial charge in [0.25, 0.3) is 0 Å². The highest BCUT2D eigenvalue weighted by molar-refractivity contribution is 5.85. The molecule has 0 amide bonds. The first-order valence-corrected chi connectivity index (χ1v) is 8.60. The van der Waals surface area contributed by atoms with E-state index in [0.717, 1.165) is 0 Å². The van der Waals surface area contributed by atoms with Gasteiger partial charge in [0.2, 0.25) is 5.96 Å². The summed E-state index contributed by atoms with van der Waals surface area (Å²) in [5, 5.41) is 30.9. The minimum absolute atomic E-state index is 0.0138. The lowest BCUT2D eigenvalue weighted by molar-refractivity contribution is 0.318. The molecule has 9 nitrogen and oxygen atoms in total. The molecule has 0 atom stereocenters. The van der Waals surface area contributed by atoms with Crippen LogP contribution >= 0.6 is 0 Å². The molecule has 5 N–H and O–H groups in total. The third kappa shape index (κ3) is 6.20. The number of phenolic OH excluding ortho intramolecular Hbond substituents is 2. The minimum atomic E-state index is -0.0138. The van der Waals surface area contributed by atoms with Crippen molar-refractivity contribution in [2.45, 2.75) is 13.8 Å². The van der Waals surface area contributed by atoms with Gasteiger partial charge >= 0.3 is 0 Å². The number of ether oxygens (including phenoxy) is 2. The van der Waals surface area contributed by atoms with E-state index in [1.807, 2.05) is 13.8 Å². The summed E-state index contributed by atoms with van der Waals surface area (Å²) < 4.78 is 10.6. The van der Waals surface area contributed by atoms with Crippen LogP contribution in [0.25, 0.3) is 0 Å². The standard InChI is InChI=1S/C19H23N5O4/c1-3-27-17-9-13(5-7-15(17)25)11-21-23-19(20)24-22-12-14-6-8-16(26)18(10-14)28-4-2/h5-12,25-26H,3-4H2,1-2H3,(H3,20,23,24)/b21-11-,22-12-. The number of aromatic hydroxyl groups is 2. The van der Waals surface area contributed by atoms with E-state index in [9.17, 15) is 10.2 Å². The van der Waals surface area contributed by atoms with Gasteiger partial charge in [-0.1, -0.05) is 0 Å².